The third-order valence-corrected chi connectivity index (χ3v) is 4.86. The van der Waals surface area contributed by atoms with Gasteiger partial charge in [0, 0.05) is 20.3 Å². The minimum atomic E-state index is 0.626. The second-order valence-electron chi connectivity index (χ2n) is 3.42. The van der Waals surface area contributed by atoms with E-state index >= 15 is 0 Å². The zero-order valence-corrected chi connectivity index (χ0v) is 10.2. The first-order valence-corrected chi connectivity index (χ1v) is 6.43. The third-order valence-electron chi connectivity index (χ3n) is 2.50. The van der Waals surface area contributed by atoms with Crippen LogP contribution in [0.2, 0.25) is 0 Å². The van der Waals surface area contributed by atoms with Crippen molar-refractivity contribution < 1.29 is 0 Å². The van der Waals surface area contributed by atoms with E-state index in [1.54, 1.807) is 0 Å². The van der Waals surface area contributed by atoms with Crippen molar-refractivity contribution in [3.63, 3.8) is 0 Å². The van der Waals surface area contributed by atoms with Crippen molar-refractivity contribution in [2.45, 2.75) is 32.2 Å². The Morgan fingerprint density at radius 2 is 2.54 bits per heavy atom. The lowest BCUT2D eigenvalue weighted by molar-refractivity contribution is 0.659. The molecule has 3 heteroatoms. The molecule has 1 unspecified atom stereocenters. The predicted molar refractivity (Wildman–Crippen MR) is 61.4 cm³/mol. The Balaban J connectivity index is 2.20. The molecule has 2 heterocycles. The lowest BCUT2D eigenvalue weighted by Crippen LogP contribution is -2.11. The molecule has 13 heavy (non-hydrogen) atoms. The highest BCUT2D eigenvalue weighted by Crippen LogP contribution is 2.34. The summed E-state index contributed by atoms with van der Waals surface area (Å²) in [6.45, 7) is 3.39. The van der Waals surface area contributed by atoms with Crippen molar-refractivity contribution >= 4 is 27.3 Å². The minimum Gasteiger partial charge on any atom is -0.309 e. The number of hydrogen-bond acceptors (Lipinski definition) is 2. The number of nitrogens with one attached hydrogen (secondary N) is 1. The molecule has 0 saturated carbocycles. The van der Waals surface area contributed by atoms with Crippen LogP contribution in [0.1, 0.15) is 35.6 Å². The van der Waals surface area contributed by atoms with Gasteiger partial charge >= 0.3 is 0 Å². The van der Waals surface area contributed by atoms with E-state index in [-0.39, 0.29) is 0 Å². The lowest BCUT2D eigenvalue weighted by atomic mass is 10.2. The van der Waals surface area contributed by atoms with Crippen LogP contribution in [0.3, 0.4) is 0 Å². The molecular weight excluding hydrogens is 246 g/mol. The fourth-order valence-corrected chi connectivity index (χ4v) is 3.79. The van der Waals surface area contributed by atoms with Crippen LogP contribution in [0.15, 0.2) is 10.5 Å². The molecule has 0 radical (unpaired) electrons. The van der Waals surface area contributed by atoms with E-state index in [1.165, 1.54) is 33.6 Å². The van der Waals surface area contributed by atoms with Crippen LogP contribution in [0.4, 0.5) is 0 Å². The van der Waals surface area contributed by atoms with Crippen molar-refractivity contribution in [3.8, 4) is 0 Å². The number of thiophene rings is 1. The summed E-state index contributed by atoms with van der Waals surface area (Å²) in [7, 11) is 0. The summed E-state index contributed by atoms with van der Waals surface area (Å²) in [4.78, 5) is 2.98. The lowest BCUT2D eigenvalue weighted by Gasteiger charge is -2.05. The van der Waals surface area contributed by atoms with Gasteiger partial charge in [0.2, 0.25) is 0 Å². The van der Waals surface area contributed by atoms with Crippen molar-refractivity contribution in [2.24, 2.45) is 0 Å². The Morgan fingerprint density at radius 3 is 3.08 bits per heavy atom. The first kappa shape index (κ1) is 9.69. The summed E-state index contributed by atoms with van der Waals surface area (Å²) in [5.74, 6) is 0. The minimum absolute atomic E-state index is 0.626. The third kappa shape index (κ3) is 1.97. The highest BCUT2D eigenvalue weighted by atomic mass is 79.9. The second-order valence-corrected chi connectivity index (χ2v) is 5.45. The molecular formula is C10H14BrNS. The highest BCUT2D eigenvalue weighted by Gasteiger charge is 2.19. The van der Waals surface area contributed by atoms with Gasteiger partial charge in [-0.3, -0.25) is 0 Å². The predicted octanol–water partition coefficient (Wildman–Crippen LogP) is 3.50. The molecule has 0 aromatic carbocycles. The standard InChI is InChI=1S/C10H14BrNS/c1-2-9-7(11)6-10(13-9)8-4-3-5-12-8/h6,8,12H,2-5H2,1H3. The fourth-order valence-electron chi connectivity index (χ4n) is 1.77. The molecule has 1 fully saturated rings. The van der Waals surface area contributed by atoms with E-state index in [2.05, 4.69) is 34.2 Å². The van der Waals surface area contributed by atoms with Crippen molar-refractivity contribution in [2.75, 3.05) is 6.54 Å². The largest absolute Gasteiger partial charge is 0.309 e. The maximum atomic E-state index is 3.61. The normalized spacial score (nSPS) is 22.5. The van der Waals surface area contributed by atoms with Gasteiger partial charge in [0.1, 0.15) is 0 Å². The van der Waals surface area contributed by atoms with Gasteiger partial charge in [0.15, 0.2) is 0 Å². The van der Waals surface area contributed by atoms with Crippen LogP contribution < -0.4 is 5.32 Å². The van der Waals surface area contributed by atoms with Crippen LogP contribution >= 0.6 is 27.3 Å². The maximum absolute atomic E-state index is 3.61. The smallest absolute Gasteiger partial charge is 0.0415 e. The Hall–Kier alpha value is 0.140. The summed E-state index contributed by atoms with van der Waals surface area (Å²) >= 11 is 5.55. The number of aryl methyl sites for hydroxylation is 1. The summed E-state index contributed by atoms with van der Waals surface area (Å²) in [5, 5.41) is 3.53. The molecule has 1 N–H and O–H groups in total. The van der Waals surface area contributed by atoms with Crippen LogP contribution in [0, 0.1) is 0 Å². The summed E-state index contributed by atoms with van der Waals surface area (Å²) in [6, 6.07) is 2.91. The van der Waals surface area contributed by atoms with Crippen LogP contribution in [-0.4, -0.2) is 6.54 Å². The molecule has 0 aliphatic carbocycles. The van der Waals surface area contributed by atoms with E-state index < -0.39 is 0 Å². The molecule has 0 amide bonds. The molecule has 2 rings (SSSR count). The first-order chi connectivity index (χ1) is 6.31. The van der Waals surface area contributed by atoms with Crippen LogP contribution in [-0.2, 0) is 6.42 Å². The quantitative estimate of drug-likeness (QED) is 0.858. The van der Waals surface area contributed by atoms with E-state index in [0.717, 1.165) is 6.42 Å². The molecule has 1 nitrogen and oxygen atoms in total. The molecule has 1 saturated heterocycles. The maximum Gasteiger partial charge on any atom is 0.0415 e. The number of halogens is 1. The fraction of sp³-hybridized carbons (Fsp3) is 0.600. The second kappa shape index (κ2) is 4.11. The van der Waals surface area contributed by atoms with E-state index in [1.807, 2.05) is 11.3 Å². The Kier molecular flexibility index (Phi) is 3.06. The average Bonchev–Trinajstić information content (AvgIpc) is 2.71. The van der Waals surface area contributed by atoms with Gasteiger partial charge in [-0.05, 0) is 47.8 Å². The first-order valence-electron chi connectivity index (χ1n) is 4.82. The van der Waals surface area contributed by atoms with E-state index in [4.69, 9.17) is 0 Å². The number of rotatable bonds is 2. The van der Waals surface area contributed by atoms with Crippen molar-refractivity contribution in [3.05, 3.63) is 20.3 Å². The Labute approximate surface area is 91.7 Å². The van der Waals surface area contributed by atoms with E-state index in [0.29, 0.717) is 6.04 Å². The van der Waals surface area contributed by atoms with Gasteiger partial charge in [-0.2, -0.15) is 0 Å². The van der Waals surface area contributed by atoms with Crippen LogP contribution in [0.25, 0.3) is 0 Å². The van der Waals surface area contributed by atoms with Gasteiger partial charge in [0.25, 0.3) is 0 Å². The molecule has 1 aliphatic rings. The number of hydrogen-bond donors (Lipinski definition) is 1. The Bertz CT molecular complexity index is 289. The summed E-state index contributed by atoms with van der Waals surface area (Å²) in [6.07, 6.45) is 3.76. The monoisotopic (exact) mass is 259 g/mol. The molecule has 0 bridgehead atoms. The van der Waals surface area contributed by atoms with Gasteiger partial charge < -0.3 is 5.32 Å². The zero-order chi connectivity index (χ0) is 9.26. The van der Waals surface area contributed by atoms with Crippen molar-refractivity contribution in [1.29, 1.82) is 0 Å². The molecule has 1 aromatic heterocycles. The van der Waals surface area contributed by atoms with Crippen LogP contribution in [0.5, 0.6) is 0 Å². The molecule has 1 aliphatic heterocycles. The van der Waals surface area contributed by atoms with Gasteiger partial charge in [-0.1, -0.05) is 6.92 Å². The van der Waals surface area contributed by atoms with E-state index in [9.17, 15) is 0 Å². The molecule has 0 spiro atoms. The topological polar surface area (TPSA) is 12.0 Å². The van der Waals surface area contributed by atoms with Gasteiger partial charge in [-0.15, -0.1) is 11.3 Å². The Morgan fingerprint density at radius 1 is 1.69 bits per heavy atom. The SMILES string of the molecule is CCc1sc(C2CCCN2)cc1Br. The summed E-state index contributed by atoms with van der Waals surface area (Å²) in [5.41, 5.74) is 0. The molecule has 72 valence electrons. The average molecular weight is 260 g/mol. The molecule has 1 atom stereocenters. The zero-order valence-electron chi connectivity index (χ0n) is 7.77. The van der Waals surface area contributed by atoms with Crippen molar-refractivity contribution in [1.82, 2.24) is 5.32 Å². The van der Waals surface area contributed by atoms with Gasteiger partial charge in [0.05, 0.1) is 0 Å². The molecule has 1 aromatic rings. The van der Waals surface area contributed by atoms with Gasteiger partial charge in [-0.25, -0.2) is 0 Å². The highest BCUT2D eigenvalue weighted by molar-refractivity contribution is 9.10. The summed E-state index contributed by atoms with van der Waals surface area (Å²) < 4.78 is 1.30.